The number of nitriles is 1. The first kappa shape index (κ1) is 18.9. The summed E-state index contributed by atoms with van der Waals surface area (Å²) in [5.41, 5.74) is 11.1. The lowest BCUT2D eigenvalue weighted by atomic mass is 9.77. The maximum absolute atomic E-state index is 10.4. The van der Waals surface area contributed by atoms with E-state index in [1.165, 1.54) is 46.3 Å². The van der Waals surface area contributed by atoms with Crippen molar-refractivity contribution in [1.29, 1.82) is 5.26 Å². The molecule has 1 aliphatic heterocycles. The van der Waals surface area contributed by atoms with Gasteiger partial charge in [-0.3, -0.25) is 0 Å². The molecule has 1 heterocycles. The van der Waals surface area contributed by atoms with E-state index in [4.69, 9.17) is 0 Å². The third-order valence-corrected chi connectivity index (χ3v) is 7.03. The van der Waals surface area contributed by atoms with Gasteiger partial charge in [0, 0.05) is 18.7 Å². The SMILES string of the molecule is Cc1c(-c2ccccc2)c(C#N)c(N2CCC(C)CC2)c2c1-c1ccccc1CC2. The van der Waals surface area contributed by atoms with Crippen molar-refractivity contribution >= 4 is 5.69 Å². The summed E-state index contributed by atoms with van der Waals surface area (Å²) >= 11 is 0. The molecular formula is C28H28N2. The smallest absolute Gasteiger partial charge is 0.102 e. The zero-order valence-electron chi connectivity index (χ0n) is 17.9. The molecule has 30 heavy (non-hydrogen) atoms. The van der Waals surface area contributed by atoms with E-state index < -0.39 is 0 Å². The van der Waals surface area contributed by atoms with E-state index in [-0.39, 0.29) is 0 Å². The molecule has 3 aromatic rings. The van der Waals surface area contributed by atoms with E-state index >= 15 is 0 Å². The van der Waals surface area contributed by atoms with Gasteiger partial charge in [0.1, 0.15) is 6.07 Å². The fraction of sp³-hybridized carbons (Fsp3) is 0.321. The predicted molar refractivity (Wildman–Crippen MR) is 125 cm³/mol. The van der Waals surface area contributed by atoms with Crippen molar-refractivity contribution < 1.29 is 0 Å². The molecule has 0 bridgehead atoms. The Kier molecular flexibility index (Phi) is 4.83. The van der Waals surface area contributed by atoms with Crippen LogP contribution in [0.1, 0.15) is 42.0 Å². The summed E-state index contributed by atoms with van der Waals surface area (Å²) in [5, 5.41) is 10.4. The zero-order valence-corrected chi connectivity index (χ0v) is 17.9. The number of piperidine rings is 1. The average molecular weight is 393 g/mol. The fourth-order valence-corrected chi connectivity index (χ4v) is 5.43. The molecule has 2 aliphatic rings. The third kappa shape index (κ3) is 3.01. The minimum Gasteiger partial charge on any atom is -0.370 e. The first-order valence-corrected chi connectivity index (χ1v) is 11.2. The van der Waals surface area contributed by atoms with Crippen LogP contribution in [0.25, 0.3) is 22.3 Å². The molecule has 0 aromatic heterocycles. The zero-order chi connectivity index (χ0) is 20.7. The lowest BCUT2D eigenvalue weighted by Crippen LogP contribution is -2.34. The molecule has 3 aromatic carbocycles. The molecule has 0 unspecified atom stereocenters. The van der Waals surface area contributed by atoms with Crippen LogP contribution in [-0.4, -0.2) is 13.1 Å². The van der Waals surface area contributed by atoms with Gasteiger partial charge < -0.3 is 4.90 Å². The van der Waals surface area contributed by atoms with Crippen LogP contribution in [-0.2, 0) is 12.8 Å². The second-order valence-electron chi connectivity index (χ2n) is 8.88. The molecule has 0 amide bonds. The van der Waals surface area contributed by atoms with E-state index in [2.05, 4.69) is 73.3 Å². The molecule has 1 fully saturated rings. The van der Waals surface area contributed by atoms with E-state index in [0.29, 0.717) is 0 Å². The Balaban J connectivity index is 1.84. The van der Waals surface area contributed by atoms with Crippen LogP contribution in [0.4, 0.5) is 5.69 Å². The van der Waals surface area contributed by atoms with E-state index in [9.17, 15) is 5.26 Å². The van der Waals surface area contributed by atoms with Crippen LogP contribution in [0.5, 0.6) is 0 Å². The highest BCUT2D eigenvalue weighted by molar-refractivity contribution is 5.93. The Labute approximate surface area is 179 Å². The lowest BCUT2D eigenvalue weighted by Gasteiger charge is -2.37. The molecule has 2 nitrogen and oxygen atoms in total. The van der Waals surface area contributed by atoms with E-state index in [0.717, 1.165) is 48.5 Å². The summed E-state index contributed by atoms with van der Waals surface area (Å²) in [5.74, 6) is 0.766. The Morgan fingerprint density at radius 2 is 1.60 bits per heavy atom. The monoisotopic (exact) mass is 392 g/mol. The van der Waals surface area contributed by atoms with Gasteiger partial charge in [0.2, 0.25) is 0 Å². The standard InChI is InChI=1S/C28H28N2/c1-19-14-16-30(17-15-19)28-24-13-12-21-8-6-7-11-23(21)27(24)20(2)26(25(28)18-29)22-9-4-3-5-10-22/h3-11,19H,12-17H2,1-2H3. The van der Waals surface area contributed by atoms with Gasteiger partial charge in [-0.15, -0.1) is 0 Å². The van der Waals surface area contributed by atoms with Crippen molar-refractivity contribution in [2.75, 3.05) is 18.0 Å². The third-order valence-electron chi connectivity index (χ3n) is 7.03. The van der Waals surface area contributed by atoms with E-state index in [1.807, 2.05) is 6.07 Å². The highest BCUT2D eigenvalue weighted by Gasteiger charge is 2.30. The van der Waals surface area contributed by atoms with Gasteiger partial charge in [-0.25, -0.2) is 0 Å². The minimum absolute atomic E-state index is 0.766. The summed E-state index contributed by atoms with van der Waals surface area (Å²) in [7, 11) is 0. The summed E-state index contributed by atoms with van der Waals surface area (Å²) in [6, 6.07) is 22.0. The number of nitrogens with zero attached hydrogens (tertiary/aromatic N) is 2. The molecule has 0 spiro atoms. The number of fused-ring (bicyclic) bond motifs is 3. The van der Waals surface area contributed by atoms with E-state index in [1.54, 1.807) is 0 Å². The normalized spacial score (nSPS) is 16.0. The minimum atomic E-state index is 0.766. The maximum Gasteiger partial charge on any atom is 0.102 e. The van der Waals surface area contributed by atoms with Gasteiger partial charge in [-0.05, 0) is 71.9 Å². The van der Waals surface area contributed by atoms with Crippen molar-refractivity contribution in [3.8, 4) is 28.3 Å². The second-order valence-corrected chi connectivity index (χ2v) is 8.88. The molecule has 5 rings (SSSR count). The van der Waals surface area contributed by atoms with Crippen LogP contribution in [0, 0.1) is 24.2 Å². The summed E-state index contributed by atoms with van der Waals surface area (Å²) in [6.45, 7) is 6.65. The average Bonchev–Trinajstić information content (AvgIpc) is 2.79. The number of benzene rings is 3. The summed E-state index contributed by atoms with van der Waals surface area (Å²) in [4.78, 5) is 2.51. The second kappa shape index (κ2) is 7.65. The lowest BCUT2D eigenvalue weighted by molar-refractivity contribution is 0.438. The Morgan fingerprint density at radius 1 is 0.900 bits per heavy atom. The van der Waals surface area contributed by atoms with Gasteiger partial charge in [0.15, 0.2) is 0 Å². The highest BCUT2D eigenvalue weighted by Crippen LogP contribution is 2.48. The highest BCUT2D eigenvalue weighted by atomic mass is 15.1. The first-order chi connectivity index (χ1) is 14.7. The van der Waals surface area contributed by atoms with Gasteiger partial charge in [0.05, 0.1) is 11.3 Å². The molecule has 1 aliphatic carbocycles. The molecule has 1 saturated heterocycles. The number of aryl methyl sites for hydroxylation is 1. The van der Waals surface area contributed by atoms with Crippen molar-refractivity contribution in [1.82, 2.24) is 0 Å². The van der Waals surface area contributed by atoms with Crippen LogP contribution >= 0.6 is 0 Å². The van der Waals surface area contributed by atoms with Gasteiger partial charge in [-0.1, -0.05) is 61.5 Å². The quantitative estimate of drug-likeness (QED) is 0.495. The molecule has 0 saturated carbocycles. The van der Waals surface area contributed by atoms with Crippen LogP contribution in [0.15, 0.2) is 54.6 Å². The largest absolute Gasteiger partial charge is 0.370 e. The maximum atomic E-state index is 10.4. The molecule has 0 radical (unpaired) electrons. The first-order valence-electron chi connectivity index (χ1n) is 11.2. The van der Waals surface area contributed by atoms with Gasteiger partial charge >= 0.3 is 0 Å². The predicted octanol–water partition coefficient (Wildman–Crippen LogP) is 6.54. The Hall–Kier alpha value is -3.05. The van der Waals surface area contributed by atoms with Crippen LogP contribution < -0.4 is 4.90 Å². The van der Waals surface area contributed by atoms with Crippen molar-refractivity contribution in [3.63, 3.8) is 0 Å². The summed E-state index contributed by atoms with van der Waals surface area (Å²) in [6.07, 6.45) is 4.46. The fourth-order valence-electron chi connectivity index (χ4n) is 5.43. The molecule has 0 atom stereocenters. The van der Waals surface area contributed by atoms with Crippen LogP contribution in [0.3, 0.4) is 0 Å². The Bertz CT molecular complexity index is 1130. The summed E-state index contributed by atoms with van der Waals surface area (Å²) < 4.78 is 0. The number of hydrogen-bond donors (Lipinski definition) is 0. The van der Waals surface area contributed by atoms with Crippen molar-refractivity contribution in [2.24, 2.45) is 5.92 Å². The molecule has 0 N–H and O–H groups in total. The topological polar surface area (TPSA) is 27.0 Å². The Morgan fingerprint density at radius 3 is 2.33 bits per heavy atom. The van der Waals surface area contributed by atoms with Gasteiger partial charge in [0.25, 0.3) is 0 Å². The van der Waals surface area contributed by atoms with Crippen molar-refractivity contribution in [2.45, 2.75) is 39.5 Å². The molecule has 150 valence electrons. The number of anilines is 1. The van der Waals surface area contributed by atoms with Crippen molar-refractivity contribution in [3.05, 3.63) is 76.9 Å². The molecular weight excluding hydrogens is 364 g/mol. The number of rotatable bonds is 2. The van der Waals surface area contributed by atoms with Crippen LogP contribution in [0.2, 0.25) is 0 Å². The van der Waals surface area contributed by atoms with Gasteiger partial charge in [-0.2, -0.15) is 5.26 Å². The molecule has 2 heteroatoms. The number of hydrogen-bond acceptors (Lipinski definition) is 2.